The molecular weight excluding hydrogens is 252 g/mol. The van der Waals surface area contributed by atoms with Crippen LogP contribution in [-0.2, 0) is 4.74 Å². The SMILES string of the molecule is CC(C)c1cc(NC2CC(N3CCOCC3)C2)ncn1. The summed E-state index contributed by atoms with van der Waals surface area (Å²) in [4.78, 5) is 11.2. The molecule has 1 saturated carbocycles. The van der Waals surface area contributed by atoms with E-state index in [-0.39, 0.29) is 0 Å². The molecule has 20 heavy (non-hydrogen) atoms. The van der Waals surface area contributed by atoms with Gasteiger partial charge in [-0.1, -0.05) is 13.8 Å². The molecule has 2 heterocycles. The van der Waals surface area contributed by atoms with Gasteiger partial charge in [-0.05, 0) is 18.8 Å². The zero-order valence-corrected chi connectivity index (χ0v) is 12.4. The number of nitrogens with zero attached hydrogens (tertiary/aromatic N) is 3. The van der Waals surface area contributed by atoms with Gasteiger partial charge in [0, 0.05) is 36.9 Å². The van der Waals surface area contributed by atoms with Crippen LogP contribution in [0.5, 0.6) is 0 Å². The van der Waals surface area contributed by atoms with E-state index in [1.807, 2.05) is 0 Å². The standard InChI is InChI=1S/C15H24N4O/c1-11(2)14-9-15(17-10-16-14)18-12-7-13(8-12)19-3-5-20-6-4-19/h9-13H,3-8H2,1-2H3,(H,16,17,18). The van der Waals surface area contributed by atoms with Gasteiger partial charge in [-0.2, -0.15) is 0 Å². The average Bonchev–Trinajstić information content (AvgIpc) is 2.43. The van der Waals surface area contributed by atoms with E-state index < -0.39 is 0 Å². The first-order chi connectivity index (χ1) is 9.72. The molecule has 1 aromatic heterocycles. The fraction of sp³-hybridized carbons (Fsp3) is 0.733. The lowest BCUT2D eigenvalue weighted by Crippen LogP contribution is -2.53. The van der Waals surface area contributed by atoms with E-state index in [0.717, 1.165) is 43.9 Å². The highest BCUT2D eigenvalue weighted by molar-refractivity contribution is 5.37. The number of aromatic nitrogens is 2. The van der Waals surface area contributed by atoms with Crippen LogP contribution in [0.25, 0.3) is 0 Å². The summed E-state index contributed by atoms with van der Waals surface area (Å²) < 4.78 is 5.40. The van der Waals surface area contributed by atoms with Crippen LogP contribution in [0.15, 0.2) is 12.4 Å². The predicted octanol–water partition coefficient (Wildman–Crippen LogP) is 1.88. The lowest BCUT2D eigenvalue weighted by atomic mass is 9.85. The minimum atomic E-state index is 0.445. The lowest BCUT2D eigenvalue weighted by molar-refractivity contribution is -0.00439. The van der Waals surface area contributed by atoms with Crippen molar-refractivity contribution in [1.82, 2.24) is 14.9 Å². The Hall–Kier alpha value is -1.20. The van der Waals surface area contributed by atoms with Crippen LogP contribution < -0.4 is 5.32 Å². The fourth-order valence-electron chi connectivity index (χ4n) is 2.92. The summed E-state index contributed by atoms with van der Waals surface area (Å²) >= 11 is 0. The first-order valence-electron chi connectivity index (χ1n) is 7.62. The van der Waals surface area contributed by atoms with Gasteiger partial charge in [0.25, 0.3) is 0 Å². The molecule has 1 N–H and O–H groups in total. The van der Waals surface area contributed by atoms with Gasteiger partial charge in [0.05, 0.1) is 13.2 Å². The van der Waals surface area contributed by atoms with E-state index in [0.29, 0.717) is 12.0 Å². The quantitative estimate of drug-likeness (QED) is 0.910. The number of hydrogen-bond donors (Lipinski definition) is 1. The van der Waals surface area contributed by atoms with E-state index in [4.69, 9.17) is 4.74 Å². The molecule has 1 saturated heterocycles. The van der Waals surface area contributed by atoms with Gasteiger partial charge in [0.15, 0.2) is 0 Å². The summed E-state index contributed by atoms with van der Waals surface area (Å²) in [6, 6.07) is 3.35. The van der Waals surface area contributed by atoms with Crippen molar-refractivity contribution in [3.05, 3.63) is 18.1 Å². The molecule has 0 aromatic carbocycles. The van der Waals surface area contributed by atoms with Gasteiger partial charge in [-0.25, -0.2) is 9.97 Å². The normalized spacial score (nSPS) is 27.4. The zero-order chi connectivity index (χ0) is 13.9. The van der Waals surface area contributed by atoms with Crippen molar-refractivity contribution >= 4 is 5.82 Å². The molecule has 0 unspecified atom stereocenters. The Morgan fingerprint density at radius 2 is 2.00 bits per heavy atom. The minimum Gasteiger partial charge on any atom is -0.379 e. The summed E-state index contributed by atoms with van der Waals surface area (Å²) in [6.07, 6.45) is 4.08. The van der Waals surface area contributed by atoms with E-state index in [1.165, 1.54) is 12.8 Å². The molecule has 0 amide bonds. The molecule has 2 fully saturated rings. The summed E-state index contributed by atoms with van der Waals surface area (Å²) in [5.74, 6) is 1.41. The van der Waals surface area contributed by atoms with Crippen LogP contribution in [0.3, 0.4) is 0 Å². The maximum Gasteiger partial charge on any atom is 0.129 e. The Labute approximate surface area is 120 Å². The molecule has 0 spiro atoms. The van der Waals surface area contributed by atoms with Crippen molar-refractivity contribution in [2.75, 3.05) is 31.6 Å². The Morgan fingerprint density at radius 3 is 2.70 bits per heavy atom. The van der Waals surface area contributed by atoms with Crippen molar-refractivity contribution in [2.45, 2.75) is 44.7 Å². The summed E-state index contributed by atoms with van der Waals surface area (Å²) in [5, 5.41) is 3.53. The summed E-state index contributed by atoms with van der Waals surface area (Å²) in [7, 11) is 0. The average molecular weight is 276 g/mol. The lowest BCUT2D eigenvalue weighted by Gasteiger charge is -2.44. The van der Waals surface area contributed by atoms with Crippen LogP contribution in [0.1, 0.15) is 38.3 Å². The van der Waals surface area contributed by atoms with Gasteiger partial charge in [0.1, 0.15) is 12.1 Å². The van der Waals surface area contributed by atoms with Gasteiger partial charge in [-0.3, -0.25) is 4.90 Å². The predicted molar refractivity (Wildman–Crippen MR) is 78.9 cm³/mol. The molecule has 1 aromatic rings. The third-order valence-electron chi connectivity index (χ3n) is 4.31. The number of rotatable bonds is 4. The highest BCUT2D eigenvalue weighted by Crippen LogP contribution is 2.29. The number of nitrogens with one attached hydrogen (secondary N) is 1. The monoisotopic (exact) mass is 276 g/mol. The Morgan fingerprint density at radius 1 is 1.25 bits per heavy atom. The second-order valence-electron chi connectivity index (χ2n) is 6.10. The van der Waals surface area contributed by atoms with Crippen LogP contribution >= 0.6 is 0 Å². The maximum atomic E-state index is 5.40. The Kier molecular flexibility index (Phi) is 4.17. The number of anilines is 1. The molecule has 3 rings (SSSR count). The van der Waals surface area contributed by atoms with Gasteiger partial charge < -0.3 is 10.1 Å². The molecule has 110 valence electrons. The van der Waals surface area contributed by atoms with Crippen molar-refractivity contribution < 1.29 is 4.74 Å². The Bertz CT molecular complexity index is 439. The van der Waals surface area contributed by atoms with Crippen molar-refractivity contribution in [2.24, 2.45) is 0 Å². The second-order valence-corrected chi connectivity index (χ2v) is 6.10. The summed E-state index contributed by atoms with van der Waals surface area (Å²) in [6.45, 7) is 8.26. The first kappa shape index (κ1) is 13.8. The van der Waals surface area contributed by atoms with E-state index in [9.17, 15) is 0 Å². The van der Waals surface area contributed by atoms with E-state index in [1.54, 1.807) is 6.33 Å². The topological polar surface area (TPSA) is 50.3 Å². The van der Waals surface area contributed by atoms with Crippen LogP contribution in [-0.4, -0.2) is 53.3 Å². The molecule has 1 aliphatic carbocycles. The smallest absolute Gasteiger partial charge is 0.129 e. The van der Waals surface area contributed by atoms with Gasteiger partial charge in [0.2, 0.25) is 0 Å². The molecule has 5 heteroatoms. The molecule has 5 nitrogen and oxygen atoms in total. The molecule has 2 aliphatic rings. The molecule has 1 aliphatic heterocycles. The number of ether oxygens (including phenoxy) is 1. The first-order valence-corrected chi connectivity index (χ1v) is 7.62. The van der Waals surface area contributed by atoms with Gasteiger partial charge >= 0.3 is 0 Å². The fourth-order valence-corrected chi connectivity index (χ4v) is 2.92. The van der Waals surface area contributed by atoms with Crippen molar-refractivity contribution in [3.8, 4) is 0 Å². The van der Waals surface area contributed by atoms with Crippen LogP contribution in [0, 0.1) is 0 Å². The highest BCUT2D eigenvalue weighted by Gasteiger charge is 2.34. The number of morpholine rings is 1. The van der Waals surface area contributed by atoms with Crippen LogP contribution in [0.4, 0.5) is 5.82 Å². The minimum absolute atomic E-state index is 0.445. The van der Waals surface area contributed by atoms with Crippen molar-refractivity contribution in [1.29, 1.82) is 0 Å². The van der Waals surface area contributed by atoms with E-state index >= 15 is 0 Å². The largest absolute Gasteiger partial charge is 0.379 e. The van der Waals surface area contributed by atoms with E-state index in [2.05, 4.69) is 40.1 Å². The zero-order valence-electron chi connectivity index (χ0n) is 12.4. The number of hydrogen-bond acceptors (Lipinski definition) is 5. The molecule has 0 bridgehead atoms. The third kappa shape index (κ3) is 3.10. The Balaban J connectivity index is 1.49. The van der Waals surface area contributed by atoms with Crippen molar-refractivity contribution in [3.63, 3.8) is 0 Å². The third-order valence-corrected chi connectivity index (χ3v) is 4.31. The van der Waals surface area contributed by atoms with Crippen LogP contribution in [0.2, 0.25) is 0 Å². The van der Waals surface area contributed by atoms with Gasteiger partial charge in [-0.15, -0.1) is 0 Å². The highest BCUT2D eigenvalue weighted by atomic mass is 16.5. The maximum absolute atomic E-state index is 5.40. The molecule has 0 atom stereocenters. The second kappa shape index (κ2) is 6.06. The molecular formula is C15H24N4O. The molecule has 0 radical (unpaired) electrons. The summed E-state index contributed by atoms with van der Waals surface area (Å²) in [5.41, 5.74) is 1.10.